The Bertz CT molecular complexity index is 325. The lowest BCUT2D eigenvalue weighted by Crippen LogP contribution is -1.91. The number of nitrogens with zero attached hydrogens (tertiary/aromatic N) is 1. The number of oxime groups is 1. The minimum absolute atomic E-state index is 0.424. The van der Waals surface area contributed by atoms with Gasteiger partial charge in [0.15, 0.2) is 0 Å². The first-order valence-corrected chi connectivity index (χ1v) is 5.09. The summed E-state index contributed by atoms with van der Waals surface area (Å²) < 4.78 is 0. The van der Waals surface area contributed by atoms with Crippen molar-refractivity contribution >= 4 is 12.3 Å². The normalized spacial score (nSPS) is 10.9. The highest BCUT2D eigenvalue weighted by atomic mass is 16.6. The topological polar surface area (TPSA) is 21.6 Å². The van der Waals surface area contributed by atoms with E-state index < -0.39 is 0 Å². The molecule has 0 bridgehead atoms. The van der Waals surface area contributed by atoms with Crippen LogP contribution in [0.1, 0.15) is 25.0 Å². The Morgan fingerprint density at radius 3 is 2.53 bits per heavy atom. The van der Waals surface area contributed by atoms with E-state index in [0.717, 1.165) is 11.1 Å². The van der Waals surface area contributed by atoms with Crippen molar-refractivity contribution < 1.29 is 4.84 Å². The van der Waals surface area contributed by atoms with Crippen LogP contribution < -0.4 is 0 Å². The molecule has 0 saturated carbocycles. The lowest BCUT2D eigenvalue weighted by Gasteiger charge is -2.00. The van der Waals surface area contributed by atoms with Crippen LogP contribution in [0.4, 0.5) is 0 Å². The molecule has 1 rings (SSSR count). The molecule has 0 N–H and O–H groups in total. The predicted octanol–water partition coefficient (Wildman–Crippen LogP) is 3.49. The van der Waals surface area contributed by atoms with Crippen LogP contribution in [0.15, 0.2) is 36.0 Å². The molecule has 0 aliphatic rings. The van der Waals surface area contributed by atoms with Gasteiger partial charge in [-0.05, 0) is 17.0 Å². The lowest BCUT2D eigenvalue weighted by molar-refractivity contribution is 0.131. The minimum atomic E-state index is 0.424. The van der Waals surface area contributed by atoms with E-state index in [1.807, 2.05) is 30.3 Å². The Morgan fingerprint density at radius 2 is 2.00 bits per heavy atom. The predicted molar refractivity (Wildman–Crippen MR) is 64.7 cm³/mol. The molecule has 1 aromatic rings. The van der Waals surface area contributed by atoms with Gasteiger partial charge < -0.3 is 4.84 Å². The van der Waals surface area contributed by atoms with Crippen molar-refractivity contribution in [2.75, 3.05) is 0 Å². The number of benzene rings is 1. The van der Waals surface area contributed by atoms with Gasteiger partial charge in [-0.2, -0.15) is 0 Å². The Labute approximate surface area is 91.3 Å². The third kappa shape index (κ3) is 4.45. The summed E-state index contributed by atoms with van der Waals surface area (Å²) in [5.41, 5.74) is 2.23. The van der Waals surface area contributed by atoms with Crippen LogP contribution in [0.5, 0.6) is 0 Å². The SMILES string of the molecule is C=Cc1ccc(CON=CC(C)C)cc1. The van der Waals surface area contributed by atoms with Gasteiger partial charge in [-0.15, -0.1) is 0 Å². The van der Waals surface area contributed by atoms with Crippen LogP contribution >= 0.6 is 0 Å². The van der Waals surface area contributed by atoms with E-state index in [2.05, 4.69) is 25.6 Å². The highest BCUT2D eigenvalue weighted by Gasteiger charge is 1.92. The molecule has 0 amide bonds. The molecular weight excluding hydrogens is 186 g/mol. The third-order valence-corrected chi connectivity index (χ3v) is 1.88. The largest absolute Gasteiger partial charge is 0.391 e. The fraction of sp³-hybridized carbons (Fsp3) is 0.308. The molecule has 0 aromatic heterocycles. The van der Waals surface area contributed by atoms with Gasteiger partial charge in [0, 0.05) is 6.21 Å². The molecule has 0 aliphatic heterocycles. The quantitative estimate of drug-likeness (QED) is 0.530. The van der Waals surface area contributed by atoms with Crippen molar-refractivity contribution in [3.8, 4) is 0 Å². The third-order valence-electron chi connectivity index (χ3n) is 1.88. The molecule has 15 heavy (non-hydrogen) atoms. The summed E-state index contributed by atoms with van der Waals surface area (Å²) >= 11 is 0. The number of hydrogen-bond acceptors (Lipinski definition) is 2. The van der Waals surface area contributed by atoms with E-state index in [4.69, 9.17) is 4.84 Å². The molecule has 2 heteroatoms. The van der Waals surface area contributed by atoms with Gasteiger partial charge >= 0.3 is 0 Å². The van der Waals surface area contributed by atoms with Gasteiger partial charge in [0.25, 0.3) is 0 Å². The standard InChI is InChI=1S/C13H17NO/c1-4-12-5-7-13(8-6-12)10-15-14-9-11(2)3/h4-9,11H,1,10H2,2-3H3. The summed E-state index contributed by atoms with van der Waals surface area (Å²) in [5, 5.41) is 3.86. The summed E-state index contributed by atoms with van der Waals surface area (Å²) in [5.74, 6) is 0.424. The number of hydrogen-bond donors (Lipinski definition) is 0. The number of rotatable bonds is 5. The Balaban J connectivity index is 2.41. The second kappa shape index (κ2) is 6.02. The molecule has 0 fully saturated rings. The van der Waals surface area contributed by atoms with Crippen molar-refractivity contribution in [2.24, 2.45) is 11.1 Å². The second-order valence-electron chi connectivity index (χ2n) is 3.72. The van der Waals surface area contributed by atoms with Crippen LogP contribution in [0.25, 0.3) is 6.08 Å². The monoisotopic (exact) mass is 203 g/mol. The Kier molecular flexibility index (Phi) is 4.61. The molecule has 0 atom stereocenters. The van der Waals surface area contributed by atoms with Gasteiger partial charge in [-0.3, -0.25) is 0 Å². The summed E-state index contributed by atoms with van der Waals surface area (Å²) in [7, 11) is 0. The van der Waals surface area contributed by atoms with Crippen molar-refractivity contribution in [1.29, 1.82) is 0 Å². The smallest absolute Gasteiger partial charge is 0.142 e. The first kappa shape index (κ1) is 11.5. The van der Waals surface area contributed by atoms with Crippen LogP contribution in [-0.2, 0) is 11.4 Å². The molecule has 0 heterocycles. The van der Waals surface area contributed by atoms with Crippen LogP contribution in [-0.4, -0.2) is 6.21 Å². The fourth-order valence-electron chi connectivity index (χ4n) is 1.03. The van der Waals surface area contributed by atoms with Crippen molar-refractivity contribution in [3.63, 3.8) is 0 Å². The highest BCUT2D eigenvalue weighted by molar-refractivity contribution is 5.58. The van der Waals surface area contributed by atoms with Gasteiger partial charge in [0.2, 0.25) is 0 Å². The average molecular weight is 203 g/mol. The molecule has 1 aromatic carbocycles. The molecule has 0 radical (unpaired) electrons. The molecule has 0 saturated heterocycles. The molecule has 0 unspecified atom stereocenters. The van der Waals surface area contributed by atoms with E-state index in [-0.39, 0.29) is 0 Å². The van der Waals surface area contributed by atoms with Crippen LogP contribution in [0, 0.1) is 5.92 Å². The molecule has 80 valence electrons. The maximum atomic E-state index is 5.15. The first-order chi connectivity index (χ1) is 7.22. The van der Waals surface area contributed by atoms with E-state index >= 15 is 0 Å². The van der Waals surface area contributed by atoms with E-state index in [0.29, 0.717) is 12.5 Å². The summed E-state index contributed by atoms with van der Waals surface area (Å²) in [4.78, 5) is 5.15. The van der Waals surface area contributed by atoms with Crippen LogP contribution in [0.2, 0.25) is 0 Å². The summed E-state index contributed by atoms with van der Waals surface area (Å²) in [6.45, 7) is 8.34. The van der Waals surface area contributed by atoms with Gasteiger partial charge in [-0.25, -0.2) is 0 Å². The van der Waals surface area contributed by atoms with E-state index in [1.165, 1.54) is 0 Å². The fourth-order valence-corrected chi connectivity index (χ4v) is 1.03. The second-order valence-corrected chi connectivity index (χ2v) is 3.72. The zero-order chi connectivity index (χ0) is 11.1. The van der Waals surface area contributed by atoms with Gasteiger partial charge in [-0.1, -0.05) is 55.9 Å². The van der Waals surface area contributed by atoms with Crippen molar-refractivity contribution in [2.45, 2.75) is 20.5 Å². The average Bonchev–Trinajstić information content (AvgIpc) is 2.25. The van der Waals surface area contributed by atoms with Crippen LogP contribution in [0.3, 0.4) is 0 Å². The molecule has 0 spiro atoms. The lowest BCUT2D eigenvalue weighted by atomic mass is 10.1. The first-order valence-electron chi connectivity index (χ1n) is 5.09. The summed E-state index contributed by atoms with van der Waals surface area (Å²) in [6, 6.07) is 8.06. The Hall–Kier alpha value is -1.57. The maximum Gasteiger partial charge on any atom is 0.142 e. The zero-order valence-electron chi connectivity index (χ0n) is 9.31. The zero-order valence-corrected chi connectivity index (χ0v) is 9.31. The van der Waals surface area contributed by atoms with Gasteiger partial charge in [0.05, 0.1) is 0 Å². The van der Waals surface area contributed by atoms with E-state index in [9.17, 15) is 0 Å². The van der Waals surface area contributed by atoms with Crippen molar-refractivity contribution in [3.05, 3.63) is 42.0 Å². The maximum absolute atomic E-state index is 5.15. The molecular formula is C13H17NO. The molecule has 0 aliphatic carbocycles. The molecule has 2 nitrogen and oxygen atoms in total. The van der Waals surface area contributed by atoms with Crippen molar-refractivity contribution in [1.82, 2.24) is 0 Å². The van der Waals surface area contributed by atoms with Gasteiger partial charge in [0.1, 0.15) is 6.61 Å². The highest BCUT2D eigenvalue weighted by Crippen LogP contribution is 2.06. The summed E-state index contributed by atoms with van der Waals surface area (Å²) in [6.07, 6.45) is 3.61. The van der Waals surface area contributed by atoms with E-state index in [1.54, 1.807) is 6.21 Å². The Morgan fingerprint density at radius 1 is 1.33 bits per heavy atom. The minimum Gasteiger partial charge on any atom is -0.391 e.